The molecule has 1 fully saturated rings. The van der Waals surface area contributed by atoms with Crippen LogP contribution in [0.25, 0.3) is 0 Å². The zero-order valence-corrected chi connectivity index (χ0v) is 34.3. The molecule has 10 nitrogen and oxygen atoms in total. The largest absolute Gasteiger partial charge is 0.455 e. The molecule has 10 heteroatoms. The lowest BCUT2D eigenvalue weighted by atomic mass is 9.80. The van der Waals surface area contributed by atoms with Gasteiger partial charge in [-0.2, -0.15) is 0 Å². The zero-order chi connectivity index (χ0) is 41.0. The van der Waals surface area contributed by atoms with Gasteiger partial charge in [-0.1, -0.05) is 91.0 Å². The molecule has 0 N–H and O–H groups in total. The Hall–Kier alpha value is -4.54. The van der Waals surface area contributed by atoms with Crippen molar-refractivity contribution in [1.82, 2.24) is 0 Å². The van der Waals surface area contributed by atoms with Gasteiger partial charge in [0.05, 0.1) is 28.3 Å². The fraction of sp³-hybridized carbons (Fsp3) is 0.511. The summed E-state index contributed by atoms with van der Waals surface area (Å²) in [5, 5.41) is 0. The molecule has 1 unspecified atom stereocenters. The van der Waals surface area contributed by atoms with E-state index in [4.69, 9.17) is 28.4 Å². The monoisotopic (exact) mass is 758 g/mol. The fourth-order valence-corrected chi connectivity index (χ4v) is 5.67. The second-order valence-corrected chi connectivity index (χ2v) is 18.1. The number of carbonyl (C=O) groups is 4. The van der Waals surface area contributed by atoms with Crippen LogP contribution in [0.4, 0.5) is 0 Å². The normalized spacial score (nSPS) is 20.9. The lowest BCUT2D eigenvalue weighted by molar-refractivity contribution is -0.309. The van der Waals surface area contributed by atoms with Gasteiger partial charge in [0, 0.05) is 0 Å². The molecular formula is C45H58O10. The number of rotatable bonds is 10. The van der Waals surface area contributed by atoms with Crippen molar-refractivity contribution in [1.29, 1.82) is 0 Å². The first-order valence-corrected chi connectivity index (χ1v) is 18.8. The maximum Gasteiger partial charge on any atom is 0.313 e. The Balaban J connectivity index is 1.96. The summed E-state index contributed by atoms with van der Waals surface area (Å²) in [4.78, 5) is 54.7. The van der Waals surface area contributed by atoms with E-state index in [1.807, 2.05) is 91.0 Å². The molecule has 5 atom stereocenters. The SMILES string of the molecule is CC(C)(C)C(=O)OC1O[C@H](COC(c2ccccc2)(c2ccccc2)c2ccccc2)[C@@H](OC(=O)C(C)(C)C)[C@H](OC(=O)C(C)(C)C)[C@@H]1OC(=O)C(C)(C)C. The van der Waals surface area contributed by atoms with Crippen molar-refractivity contribution in [2.45, 2.75) is 119 Å². The molecular weight excluding hydrogens is 700 g/mol. The average molecular weight is 759 g/mol. The minimum Gasteiger partial charge on any atom is -0.455 e. The summed E-state index contributed by atoms with van der Waals surface area (Å²) in [6, 6.07) is 29.0. The maximum absolute atomic E-state index is 13.8. The van der Waals surface area contributed by atoms with Gasteiger partial charge < -0.3 is 28.4 Å². The molecule has 1 aliphatic heterocycles. The molecule has 0 amide bonds. The summed E-state index contributed by atoms with van der Waals surface area (Å²) in [5.41, 5.74) is -2.86. The third-order valence-electron chi connectivity index (χ3n) is 9.00. The van der Waals surface area contributed by atoms with Gasteiger partial charge in [0.2, 0.25) is 12.4 Å². The van der Waals surface area contributed by atoms with Gasteiger partial charge in [-0.05, 0) is 99.8 Å². The maximum atomic E-state index is 13.8. The van der Waals surface area contributed by atoms with E-state index in [0.29, 0.717) is 0 Å². The first-order chi connectivity index (χ1) is 25.5. The van der Waals surface area contributed by atoms with E-state index in [0.717, 1.165) is 16.7 Å². The number of hydrogen-bond acceptors (Lipinski definition) is 10. The highest BCUT2D eigenvalue weighted by molar-refractivity contribution is 5.78. The molecule has 298 valence electrons. The summed E-state index contributed by atoms with van der Waals surface area (Å²) in [5.74, 6) is -2.64. The Bertz CT molecular complexity index is 1660. The fourth-order valence-electron chi connectivity index (χ4n) is 5.67. The molecule has 4 rings (SSSR count). The molecule has 0 bridgehead atoms. The van der Waals surface area contributed by atoms with Crippen LogP contribution >= 0.6 is 0 Å². The molecule has 0 aliphatic carbocycles. The van der Waals surface area contributed by atoms with Crippen molar-refractivity contribution in [3.8, 4) is 0 Å². The summed E-state index contributed by atoms with van der Waals surface area (Å²) in [7, 11) is 0. The third-order valence-corrected chi connectivity index (χ3v) is 9.00. The second-order valence-electron chi connectivity index (χ2n) is 18.1. The Morgan fingerprint density at radius 3 is 1.11 bits per heavy atom. The van der Waals surface area contributed by atoms with Gasteiger partial charge >= 0.3 is 23.9 Å². The number of hydrogen-bond donors (Lipinski definition) is 0. The molecule has 1 saturated heterocycles. The lowest BCUT2D eigenvalue weighted by Crippen LogP contribution is -2.64. The van der Waals surface area contributed by atoms with Gasteiger partial charge in [-0.3, -0.25) is 19.2 Å². The van der Waals surface area contributed by atoms with Gasteiger partial charge in [-0.15, -0.1) is 0 Å². The van der Waals surface area contributed by atoms with E-state index in [9.17, 15) is 19.2 Å². The van der Waals surface area contributed by atoms with Crippen LogP contribution in [0.5, 0.6) is 0 Å². The molecule has 1 aliphatic rings. The number of carbonyl (C=O) groups excluding carboxylic acids is 4. The summed E-state index contributed by atoms with van der Waals surface area (Å²) >= 11 is 0. The zero-order valence-electron chi connectivity index (χ0n) is 34.3. The molecule has 3 aromatic carbocycles. The second kappa shape index (κ2) is 16.7. The van der Waals surface area contributed by atoms with E-state index in [-0.39, 0.29) is 6.61 Å². The van der Waals surface area contributed by atoms with Gasteiger partial charge in [0.15, 0.2) is 12.2 Å². The summed E-state index contributed by atoms with van der Waals surface area (Å²) < 4.78 is 38.2. The van der Waals surface area contributed by atoms with Gasteiger partial charge in [-0.25, -0.2) is 0 Å². The predicted octanol–water partition coefficient (Wildman–Crippen LogP) is 8.18. The van der Waals surface area contributed by atoms with Crippen molar-refractivity contribution in [2.24, 2.45) is 21.7 Å². The number of esters is 4. The number of ether oxygens (including phenoxy) is 6. The van der Waals surface area contributed by atoms with E-state index >= 15 is 0 Å². The molecule has 0 spiro atoms. The molecule has 0 aromatic heterocycles. The van der Waals surface area contributed by atoms with Crippen molar-refractivity contribution in [2.75, 3.05) is 6.61 Å². The van der Waals surface area contributed by atoms with Crippen LogP contribution in [-0.2, 0) is 53.2 Å². The third kappa shape index (κ3) is 10.4. The van der Waals surface area contributed by atoms with Crippen molar-refractivity contribution in [3.05, 3.63) is 108 Å². The smallest absolute Gasteiger partial charge is 0.313 e. The first-order valence-electron chi connectivity index (χ1n) is 18.8. The highest BCUT2D eigenvalue weighted by atomic mass is 16.7. The highest BCUT2D eigenvalue weighted by Gasteiger charge is 2.56. The van der Waals surface area contributed by atoms with Crippen molar-refractivity contribution < 1.29 is 47.6 Å². The van der Waals surface area contributed by atoms with Crippen molar-refractivity contribution in [3.63, 3.8) is 0 Å². The van der Waals surface area contributed by atoms with Crippen LogP contribution in [-0.4, -0.2) is 61.2 Å². The quantitative estimate of drug-likeness (QED) is 0.114. The van der Waals surface area contributed by atoms with E-state index in [1.54, 1.807) is 83.1 Å². The topological polar surface area (TPSA) is 124 Å². The molecule has 55 heavy (non-hydrogen) atoms. The Morgan fingerprint density at radius 2 is 0.764 bits per heavy atom. The highest BCUT2D eigenvalue weighted by Crippen LogP contribution is 2.42. The minimum absolute atomic E-state index is 0.270. The molecule has 1 heterocycles. The van der Waals surface area contributed by atoms with E-state index in [1.165, 1.54) is 0 Å². The molecule has 0 saturated carbocycles. The van der Waals surface area contributed by atoms with Crippen molar-refractivity contribution >= 4 is 23.9 Å². The molecule has 0 radical (unpaired) electrons. The van der Waals surface area contributed by atoms with Crippen LogP contribution in [0.1, 0.15) is 99.8 Å². The Morgan fingerprint density at radius 1 is 0.455 bits per heavy atom. The van der Waals surface area contributed by atoms with Crippen LogP contribution in [0.15, 0.2) is 91.0 Å². The Kier molecular flexibility index (Phi) is 13.1. The molecule has 3 aromatic rings. The number of benzene rings is 3. The van der Waals surface area contributed by atoms with E-state index in [2.05, 4.69) is 0 Å². The predicted molar refractivity (Wildman–Crippen MR) is 207 cm³/mol. The van der Waals surface area contributed by atoms with Crippen LogP contribution in [0.2, 0.25) is 0 Å². The van der Waals surface area contributed by atoms with Crippen LogP contribution in [0, 0.1) is 21.7 Å². The first kappa shape index (κ1) is 43.2. The summed E-state index contributed by atoms with van der Waals surface area (Å²) in [6.07, 6.45) is -7.21. The van der Waals surface area contributed by atoms with Crippen LogP contribution < -0.4 is 0 Å². The van der Waals surface area contributed by atoms with Gasteiger partial charge in [0.25, 0.3) is 0 Å². The van der Waals surface area contributed by atoms with Crippen LogP contribution in [0.3, 0.4) is 0 Å². The minimum atomic E-state index is -1.59. The summed E-state index contributed by atoms with van der Waals surface area (Å²) in [6.45, 7) is 19.8. The standard InChI is InChI=1S/C45H58O10/c1-41(2,3)37(46)52-33-32(28-50-45(29-22-16-13-17-23-29,30-24-18-14-19-25-30)31-26-20-15-21-27-31)51-36(55-40(49)44(10,11)12)35(54-39(48)43(7,8)9)34(33)53-38(47)42(4,5)6/h13-27,32-36H,28H2,1-12H3/t32-,33-,34+,35+,36?/m1/s1. The van der Waals surface area contributed by atoms with Gasteiger partial charge in [0.1, 0.15) is 11.7 Å². The Labute approximate surface area is 326 Å². The average Bonchev–Trinajstić information content (AvgIpc) is 3.10. The lowest BCUT2D eigenvalue weighted by Gasteiger charge is -2.46. The van der Waals surface area contributed by atoms with E-state index < -0.39 is 81.8 Å².